The lowest BCUT2D eigenvalue weighted by Gasteiger charge is -2.27. The van der Waals surface area contributed by atoms with E-state index < -0.39 is 0 Å². The van der Waals surface area contributed by atoms with Crippen LogP contribution in [0.1, 0.15) is 0 Å². The third kappa shape index (κ3) is 2.80. The van der Waals surface area contributed by atoms with E-state index in [0.29, 0.717) is 0 Å². The molecule has 19 heavy (non-hydrogen) atoms. The van der Waals surface area contributed by atoms with Crippen LogP contribution in [0.25, 0.3) is 10.8 Å². The standard InChI is InChI=1S/C15H19NO3/c1-16(14(9-17)10-18)13-5-3-12-8-15(19-2)6-4-11(12)7-13/h3-8,14,17-18H,9-10H2,1-2H3. The van der Waals surface area contributed by atoms with Gasteiger partial charge in [0.05, 0.1) is 26.4 Å². The Balaban J connectivity index is 2.36. The van der Waals surface area contributed by atoms with Gasteiger partial charge in [0, 0.05) is 12.7 Å². The highest BCUT2D eigenvalue weighted by Crippen LogP contribution is 2.25. The lowest BCUT2D eigenvalue weighted by Crippen LogP contribution is -2.37. The predicted molar refractivity (Wildman–Crippen MR) is 76.9 cm³/mol. The summed E-state index contributed by atoms with van der Waals surface area (Å²) < 4.78 is 5.20. The molecule has 102 valence electrons. The summed E-state index contributed by atoms with van der Waals surface area (Å²) in [6.07, 6.45) is 0. The summed E-state index contributed by atoms with van der Waals surface area (Å²) >= 11 is 0. The van der Waals surface area contributed by atoms with E-state index in [2.05, 4.69) is 0 Å². The van der Waals surface area contributed by atoms with Crippen molar-refractivity contribution in [3.05, 3.63) is 36.4 Å². The third-order valence-corrected chi connectivity index (χ3v) is 3.41. The zero-order chi connectivity index (χ0) is 13.8. The average molecular weight is 261 g/mol. The molecule has 0 unspecified atom stereocenters. The average Bonchev–Trinajstić information content (AvgIpc) is 2.47. The number of hydrogen-bond acceptors (Lipinski definition) is 4. The molecule has 0 spiro atoms. The summed E-state index contributed by atoms with van der Waals surface area (Å²) in [5.74, 6) is 0.831. The first-order valence-electron chi connectivity index (χ1n) is 6.22. The van der Waals surface area contributed by atoms with Gasteiger partial charge in [-0.25, -0.2) is 0 Å². The normalized spacial score (nSPS) is 11.0. The van der Waals surface area contributed by atoms with Crippen LogP contribution in [0.4, 0.5) is 5.69 Å². The van der Waals surface area contributed by atoms with Crippen molar-refractivity contribution in [2.45, 2.75) is 6.04 Å². The van der Waals surface area contributed by atoms with Crippen LogP contribution < -0.4 is 9.64 Å². The minimum Gasteiger partial charge on any atom is -0.497 e. The minimum atomic E-state index is -0.282. The molecule has 0 aliphatic heterocycles. The number of likely N-dealkylation sites (N-methyl/N-ethyl adjacent to an activating group) is 1. The van der Waals surface area contributed by atoms with E-state index in [1.54, 1.807) is 7.11 Å². The number of aliphatic hydroxyl groups is 2. The number of fused-ring (bicyclic) bond motifs is 1. The highest BCUT2D eigenvalue weighted by Gasteiger charge is 2.13. The maximum absolute atomic E-state index is 9.22. The summed E-state index contributed by atoms with van der Waals surface area (Å²) in [7, 11) is 3.51. The van der Waals surface area contributed by atoms with Crippen molar-refractivity contribution in [2.75, 3.05) is 32.3 Å². The molecule has 0 aromatic heterocycles. The predicted octanol–water partition coefficient (Wildman–Crippen LogP) is 1.64. The van der Waals surface area contributed by atoms with Gasteiger partial charge >= 0.3 is 0 Å². The maximum atomic E-state index is 9.22. The number of nitrogens with zero attached hydrogens (tertiary/aromatic N) is 1. The van der Waals surface area contributed by atoms with Crippen LogP contribution in [0.15, 0.2) is 36.4 Å². The van der Waals surface area contributed by atoms with Gasteiger partial charge < -0.3 is 19.8 Å². The monoisotopic (exact) mass is 261 g/mol. The molecule has 2 aromatic carbocycles. The first kappa shape index (κ1) is 13.6. The van der Waals surface area contributed by atoms with Crippen LogP contribution >= 0.6 is 0 Å². The molecule has 0 bridgehead atoms. The highest BCUT2D eigenvalue weighted by atomic mass is 16.5. The van der Waals surface area contributed by atoms with Crippen LogP contribution in [0, 0.1) is 0 Å². The smallest absolute Gasteiger partial charge is 0.119 e. The molecule has 0 saturated carbocycles. The fourth-order valence-electron chi connectivity index (χ4n) is 2.07. The molecule has 4 nitrogen and oxygen atoms in total. The van der Waals surface area contributed by atoms with E-state index in [4.69, 9.17) is 4.74 Å². The molecule has 0 fully saturated rings. The first-order chi connectivity index (χ1) is 9.19. The zero-order valence-electron chi connectivity index (χ0n) is 11.2. The molecule has 0 saturated heterocycles. The summed E-state index contributed by atoms with van der Waals surface area (Å²) in [5, 5.41) is 20.6. The summed E-state index contributed by atoms with van der Waals surface area (Å²) in [4.78, 5) is 1.88. The molecule has 0 aliphatic rings. The van der Waals surface area contributed by atoms with Crippen molar-refractivity contribution >= 4 is 16.5 Å². The molecule has 0 radical (unpaired) electrons. The van der Waals surface area contributed by atoms with Gasteiger partial charge in [0.1, 0.15) is 5.75 Å². The highest BCUT2D eigenvalue weighted by molar-refractivity contribution is 5.87. The fraction of sp³-hybridized carbons (Fsp3) is 0.333. The van der Waals surface area contributed by atoms with Crippen molar-refractivity contribution in [3.63, 3.8) is 0 Å². The second-order valence-corrected chi connectivity index (χ2v) is 4.53. The van der Waals surface area contributed by atoms with Crippen molar-refractivity contribution in [1.82, 2.24) is 0 Å². The number of methoxy groups -OCH3 is 1. The molecular formula is C15H19NO3. The maximum Gasteiger partial charge on any atom is 0.119 e. The zero-order valence-corrected chi connectivity index (χ0v) is 11.2. The van der Waals surface area contributed by atoms with E-state index in [9.17, 15) is 10.2 Å². The molecule has 2 aromatic rings. The van der Waals surface area contributed by atoms with E-state index >= 15 is 0 Å². The molecule has 0 atom stereocenters. The van der Waals surface area contributed by atoms with Gasteiger partial charge in [-0.1, -0.05) is 12.1 Å². The number of anilines is 1. The van der Waals surface area contributed by atoms with Crippen LogP contribution in [-0.2, 0) is 0 Å². The van der Waals surface area contributed by atoms with Gasteiger partial charge in [0.2, 0.25) is 0 Å². The van der Waals surface area contributed by atoms with Gasteiger partial charge in [-0.3, -0.25) is 0 Å². The molecular weight excluding hydrogens is 242 g/mol. The summed E-state index contributed by atoms with van der Waals surface area (Å²) in [6.45, 7) is -0.151. The Kier molecular flexibility index (Phi) is 4.24. The molecule has 0 heterocycles. The van der Waals surface area contributed by atoms with Crippen LogP contribution in [0.3, 0.4) is 0 Å². The SMILES string of the molecule is COc1ccc2cc(N(C)C(CO)CO)ccc2c1. The molecule has 0 amide bonds. The van der Waals surface area contributed by atoms with E-state index in [0.717, 1.165) is 22.2 Å². The van der Waals surface area contributed by atoms with Gasteiger partial charge in [-0.05, 0) is 35.0 Å². The van der Waals surface area contributed by atoms with Crippen LogP contribution in [0.2, 0.25) is 0 Å². The van der Waals surface area contributed by atoms with Gasteiger partial charge in [-0.2, -0.15) is 0 Å². The topological polar surface area (TPSA) is 52.9 Å². The van der Waals surface area contributed by atoms with E-state index in [-0.39, 0.29) is 19.3 Å². The number of rotatable bonds is 5. The van der Waals surface area contributed by atoms with Gasteiger partial charge in [-0.15, -0.1) is 0 Å². The molecule has 2 N–H and O–H groups in total. The summed E-state index contributed by atoms with van der Waals surface area (Å²) in [5.41, 5.74) is 0.964. The van der Waals surface area contributed by atoms with Crippen molar-refractivity contribution in [2.24, 2.45) is 0 Å². The minimum absolute atomic E-state index is 0.0757. The number of aliphatic hydroxyl groups excluding tert-OH is 2. The van der Waals surface area contributed by atoms with Crippen LogP contribution in [-0.4, -0.2) is 43.6 Å². The van der Waals surface area contributed by atoms with Crippen molar-refractivity contribution < 1.29 is 14.9 Å². The van der Waals surface area contributed by atoms with Crippen LogP contribution in [0.5, 0.6) is 5.75 Å². The van der Waals surface area contributed by atoms with Crippen molar-refractivity contribution in [1.29, 1.82) is 0 Å². The second-order valence-electron chi connectivity index (χ2n) is 4.53. The Labute approximate surface area is 112 Å². The number of benzene rings is 2. The summed E-state index contributed by atoms with van der Waals surface area (Å²) in [6, 6.07) is 11.6. The van der Waals surface area contributed by atoms with E-state index in [1.807, 2.05) is 48.3 Å². The lowest BCUT2D eigenvalue weighted by atomic mass is 10.1. The molecule has 2 rings (SSSR count). The largest absolute Gasteiger partial charge is 0.497 e. The fourth-order valence-corrected chi connectivity index (χ4v) is 2.07. The van der Waals surface area contributed by atoms with Crippen molar-refractivity contribution in [3.8, 4) is 5.75 Å². The van der Waals surface area contributed by atoms with Gasteiger partial charge in [0.25, 0.3) is 0 Å². The first-order valence-corrected chi connectivity index (χ1v) is 6.22. The Bertz CT molecular complexity index is 552. The lowest BCUT2D eigenvalue weighted by molar-refractivity contribution is 0.191. The van der Waals surface area contributed by atoms with E-state index in [1.165, 1.54) is 0 Å². The Morgan fingerprint density at radius 2 is 1.68 bits per heavy atom. The number of hydrogen-bond donors (Lipinski definition) is 2. The van der Waals surface area contributed by atoms with Gasteiger partial charge in [0.15, 0.2) is 0 Å². The Morgan fingerprint density at radius 3 is 2.32 bits per heavy atom. The number of ether oxygens (including phenoxy) is 1. The quantitative estimate of drug-likeness (QED) is 0.859. The Morgan fingerprint density at radius 1 is 1.05 bits per heavy atom. The molecule has 0 aliphatic carbocycles. The Hall–Kier alpha value is -1.78. The second kappa shape index (κ2) is 5.91. The molecule has 4 heteroatoms. The third-order valence-electron chi connectivity index (χ3n) is 3.41.